The van der Waals surface area contributed by atoms with E-state index < -0.39 is 4.92 Å². The highest BCUT2D eigenvalue weighted by molar-refractivity contribution is 5.91. The molecule has 1 aromatic heterocycles. The fourth-order valence-corrected chi connectivity index (χ4v) is 1.61. The molecule has 0 aliphatic heterocycles. The van der Waals surface area contributed by atoms with Crippen LogP contribution in [0.4, 0.5) is 5.69 Å². The molecule has 1 heterocycles. The summed E-state index contributed by atoms with van der Waals surface area (Å²) in [6.07, 6.45) is 1.45. The van der Waals surface area contributed by atoms with E-state index in [2.05, 4.69) is 5.10 Å². The molecule has 0 N–H and O–H groups in total. The lowest BCUT2D eigenvalue weighted by molar-refractivity contribution is -0.385. The quantitative estimate of drug-likeness (QED) is 0.542. The van der Waals surface area contributed by atoms with E-state index in [0.29, 0.717) is 16.5 Å². The Morgan fingerprint density at radius 3 is 2.75 bits per heavy atom. The molecule has 0 unspecified atom stereocenters. The molecule has 0 radical (unpaired) electrons. The first kappa shape index (κ1) is 10.3. The van der Waals surface area contributed by atoms with Crippen LogP contribution in [-0.2, 0) is 0 Å². The zero-order chi connectivity index (χ0) is 11.9. The number of aryl methyl sites for hydroxylation is 1. The van der Waals surface area contributed by atoms with Gasteiger partial charge < -0.3 is 0 Å². The summed E-state index contributed by atoms with van der Waals surface area (Å²) in [6, 6.07) is 3.03. The first-order valence-corrected chi connectivity index (χ1v) is 4.64. The van der Waals surface area contributed by atoms with E-state index in [4.69, 9.17) is 0 Å². The number of nitro benzene ring substituents is 1. The van der Waals surface area contributed by atoms with Crippen molar-refractivity contribution >= 4 is 22.5 Å². The second-order valence-electron chi connectivity index (χ2n) is 3.53. The SMILES string of the molecule is CC(=O)n1ncc2cc([N+](=O)[O-])c(C)cc21. The Kier molecular flexibility index (Phi) is 2.19. The summed E-state index contributed by atoms with van der Waals surface area (Å²) in [5.74, 6) is -0.219. The molecule has 82 valence electrons. The smallest absolute Gasteiger partial charge is 0.273 e. The lowest BCUT2D eigenvalue weighted by Gasteiger charge is -1.99. The molecule has 1 aromatic carbocycles. The molecule has 0 saturated heterocycles. The fraction of sp³-hybridized carbons (Fsp3) is 0.200. The minimum Gasteiger partial charge on any atom is -0.273 e. The molecule has 0 aliphatic carbocycles. The maximum atomic E-state index is 11.2. The summed E-state index contributed by atoms with van der Waals surface area (Å²) in [7, 11) is 0. The van der Waals surface area contributed by atoms with Crippen LogP contribution in [0, 0.1) is 17.0 Å². The van der Waals surface area contributed by atoms with E-state index in [9.17, 15) is 14.9 Å². The van der Waals surface area contributed by atoms with Crippen LogP contribution in [0.3, 0.4) is 0 Å². The summed E-state index contributed by atoms with van der Waals surface area (Å²) in [4.78, 5) is 21.5. The molecule has 0 bridgehead atoms. The predicted molar refractivity (Wildman–Crippen MR) is 57.4 cm³/mol. The monoisotopic (exact) mass is 219 g/mol. The van der Waals surface area contributed by atoms with E-state index in [1.807, 2.05) is 0 Å². The van der Waals surface area contributed by atoms with Crippen molar-refractivity contribution in [1.82, 2.24) is 9.78 Å². The second-order valence-corrected chi connectivity index (χ2v) is 3.53. The fourth-order valence-electron chi connectivity index (χ4n) is 1.61. The second kappa shape index (κ2) is 3.41. The van der Waals surface area contributed by atoms with Gasteiger partial charge in [0.25, 0.3) is 5.69 Å². The van der Waals surface area contributed by atoms with Gasteiger partial charge in [-0.25, -0.2) is 4.68 Å². The van der Waals surface area contributed by atoms with Crippen LogP contribution in [0.2, 0.25) is 0 Å². The van der Waals surface area contributed by atoms with E-state index in [1.54, 1.807) is 13.0 Å². The molecule has 0 saturated carbocycles. The minimum atomic E-state index is -0.445. The number of aromatic nitrogens is 2. The highest BCUT2D eigenvalue weighted by Gasteiger charge is 2.15. The van der Waals surface area contributed by atoms with Gasteiger partial charge in [-0.1, -0.05) is 0 Å². The third-order valence-electron chi connectivity index (χ3n) is 2.38. The van der Waals surface area contributed by atoms with E-state index in [1.165, 1.54) is 23.9 Å². The van der Waals surface area contributed by atoms with Gasteiger partial charge in [0.2, 0.25) is 5.91 Å². The van der Waals surface area contributed by atoms with Crippen LogP contribution in [0.1, 0.15) is 17.3 Å². The van der Waals surface area contributed by atoms with Crippen molar-refractivity contribution < 1.29 is 9.72 Å². The zero-order valence-electron chi connectivity index (χ0n) is 8.80. The van der Waals surface area contributed by atoms with Crippen molar-refractivity contribution in [3.8, 4) is 0 Å². The van der Waals surface area contributed by atoms with Crippen LogP contribution < -0.4 is 0 Å². The molecular formula is C10H9N3O3. The molecule has 0 spiro atoms. The average Bonchev–Trinajstić information content (AvgIpc) is 2.58. The summed E-state index contributed by atoms with van der Waals surface area (Å²) < 4.78 is 1.23. The van der Waals surface area contributed by atoms with E-state index in [-0.39, 0.29) is 11.6 Å². The topological polar surface area (TPSA) is 78.0 Å². The summed E-state index contributed by atoms with van der Waals surface area (Å²) in [5, 5.41) is 15.2. The maximum absolute atomic E-state index is 11.2. The molecule has 2 rings (SSSR count). The molecule has 16 heavy (non-hydrogen) atoms. The molecule has 0 fully saturated rings. The van der Waals surface area contributed by atoms with Crippen molar-refractivity contribution in [3.63, 3.8) is 0 Å². The highest BCUT2D eigenvalue weighted by atomic mass is 16.6. The van der Waals surface area contributed by atoms with Crippen molar-refractivity contribution in [3.05, 3.63) is 34.0 Å². The Hall–Kier alpha value is -2.24. The number of rotatable bonds is 1. The van der Waals surface area contributed by atoms with Crippen molar-refractivity contribution in [2.45, 2.75) is 13.8 Å². The molecule has 0 amide bonds. The lowest BCUT2D eigenvalue weighted by Crippen LogP contribution is -2.06. The molecule has 6 nitrogen and oxygen atoms in total. The van der Waals surface area contributed by atoms with Crippen LogP contribution in [0.5, 0.6) is 0 Å². The molecule has 6 heteroatoms. The third kappa shape index (κ3) is 1.44. The first-order valence-electron chi connectivity index (χ1n) is 4.64. The minimum absolute atomic E-state index is 0.0376. The standard InChI is InChI=1S/C10H9N3O3/c1-6-3-10-8(4-9(6)13(15)16)5-11-12(10)7(2)14/h3-5H,1-2H3. The summed E-state index contributed by atoms with van der Waals surface area (Å²) >= 11 is 0. The largest absolute Gasteiger partial charge is 0.273 e. The number of hydrogen-bond donors (Lipinski definition) is 0. The van der Waals surface area contributed by atoms with Crippen LogP contribution in [0.15, 0.2) is 18.3 Å². The normalized spacial score (nSPS) is 10.6. The Morgan fingerprint density at radius 2 is 2.19 bits per heavy atom. The van der Waals surface area contributed by atoms with Gasteiger partial charge in [0.1, 0.15) is 0 Å². The zero-order valence-corrected chi connectivity index (χ0v) is 8.80. The Balaban J connectivity index is 2.76. The summed E-state index contributed by atoms with van der Waals surface area (Å²) in [6.45, 7) is 3.03. The number of nitrogens with zero attached hydrogens (tertiary/aromatic N) is 3. The van der Waals surface area contributed by atoms with Gasteiger partial charge in [-0.2, -0.15) is 5.10 Å². The van der Waals surface area contributed by atoms with Crippen LogP contribution in [-0.4, -0.2) is 20.6 Å². The number of fused-ring (bicyclic) bond motifs is 1. The van der Waals surface area contributed by atoms with Crippen LogP contribution in [0.25, 0.3) is 10.9 Å². The number of benzene rings is 1. The summed E-state index contributed by atoms with van der Waals surface area (Å²) in [5.41, 5.74) is 1.15. The van der Waals surface area contributed by atoms with Gasteiger partial charge >= 0.3 is 0 Å². The number of hydrogen-bond acceptors (Lipinski definition) is 4. The number of nitro groups is 1. The first-order chi connectivity index (χ1) is 7.50. The number of carbonyl (C=O) groups excluding carboxylic acids is 1. The van der Waals surface area contributed by atoms with Gasteiger partial charge in [-0.15, -0.1) is 0 Å². The molecule has 0 atom stereocenters. The van der Waals surface area contributed by atoms with Gasteiger partial charge in [0.15, 0.2) is 0 Å². The third-order valence-corrected chi connectivity index (χ3v) is 2.38. The van der Waals surface area contributed by atoms with Crippen molar-refractivity contribution in [1.29, 1.82) is 0 Å². The van der Waals surface area contributed by atoms with E-state index >= 15 is 0 Å². The maximum Gasteiger partial charge on any atom is 0.273 e. The Labute approximate surface area is 90.6 Å². The lowest BCUT2D eigenvalue weighted by atomic mass is 10.1. The highest BCUT2D eigenvalue weighted by Crippen LogP contribution is 2.24. The predicted octanol–water partition coefficient (Wildman–Crippen LogP) is 1.91. The van der Waals surface area contributed by atoms with Gasteiger partial charge in [0, 0.05) is 23.9 Å². The number of carbonyl (C=O) groups is 1. The van der Waals surface area contributed by atoms with Gasteiger partial charge in [-0.3, -0.25) is 14.9 Å². The van der Waals surface area contributed by atoms with Crippen LogP contribution >= 0.6 is 0 Å². The van der Waals surface area contributed by atoms with E-state index in [0.717, 1.165) is 0 Å². The van der Waals surface area contributed by atoms with Crippen molar-refractivity contribution in [2.24, 2.45) is 0 Å². The van der Waals surface area contributed by atoms with Gasteiger partial charge in [-0.05, 0) is 13.0 Å². The molecule has 2 aromatic rings. The molecular weight excluding hydrogens is 210 g/mol. The van der Waals surface area contributed by atoms with Crippen molar-refractivity contribution in [2.75, 3.05) is 0 Å². The molecule has 0 aliphatic rings. The Morgan fingerprint density at radius 1 is 1.50 bits per heavy atom. The van der Waals surface area contributed by atoms with Gasteiger partial charge in [0.05, 0.1) is 16.6 Å². The average molecular weight is 219 g/mol. The Bertz CT molecular complexity index is 601.